The first-order valence-corrected chi connectivity index (χ1v) is 8.58. The van der Waals surface area contributed by atoms with Crippen LogP contribution in [0, 0.1) is 12.7 Å². The predicted molar refractivity (Wildman–Crippen MR) is 97.5 cm³/mol. The minimum Gasteiger partial charge on any atom is -0.308 e. The van der Waals surface area contributed by atoms with E-state index in [-0.39, 0.29) is 17.5 Å². The number of aryl methyl sites for hydroxylation is 1. The molecule has 3 heterocycles. The Kier molecular flexibility index (Phi) is 3.33. The molecule has 1 amide bonds. The lowest BCUT2D eigenvalue weighted by atomic mass is 10.3. The van der Waals surface area contributed by atoms with Gasteiger partial charge in [-0.05, 0) is 43.3 Å². The Bertz CT molecular complexity index is 1180. The number of nitrogens with zero attached hydrogens (tertiary/aromatic N) is 6. The summed E-state index contributed by atoms with van der Waals surface area (Å²) in [5.41, 5.74) is 2.50. The number of carbonyl (C=O) groups excluding carboxylic acids is 1. The number of para-hydroxylation sites is 2. The monoisotopic (exact) mass is 362 g/mol. The van der Waals surface area contributed by atoms with Crippen LogP contribution in [0.1, 0.15) is 16.4 Å². The van der Waals surface area contributed by atoms with E-state index in [0.717, 1.165) is 11.0 Å². The van der Waals surface area contributed by atoms with Crippen LogP contribution < -0.4 is 4.90 Å². The molecular formula is C19H15FN6O. The van der Waals surface area contributed by atoms with E-state index in [4.69, 9.17) is 0 Å². The lowest BCUT2D eigenvalue weighted by molar-refractivity contribution is 0.0979. The average molecular weight is 362 g/mol. The van der Waals surface area contributed by atoms with Crippen molar-refractivity contribution < 1.29 is 9.18 Å². The number of rotatable bonds is 2. The highest BCUT2D eigenvalue weighted by molar-refractivity contribution is 6.04. The van der Waals surface area contributed by atoms with Gasteiger partial charge in [-0.15, -0.1) is 5.10 Å². The fraction of sp³-hybridized carbons (Fsp3) is 0.158. The average Bonchev–Trinajstić information content (AvgIpc) is 3.35. The third-order valence-corrected chi connectivity index (χ3v) is 4.70. The van der Waals surface area contributed by atoms with Gasteiger partial charge >= 0.3 is 0 Å². The van der Waals surface area contributed by atoms with Crippen LogP contribution in [0.3, 0.4) is 0 Å². The predicted octanol–water partition coefficient (Wildman–Crippen LogP) is 2.72. The van der Waals surface area contributed by atoms with Crippen molar-refractivity contribution in [3.63, 3.8) is 0 Å². The van der Waals surface area contributed by atoms with E-state index in [9.17, 15) is 9.18 Å². The van der Waals surface area contributed by atoms with Crippen molar-refractivity contribution in [2.75, 3.05) is 11.4 Å². The molecule has 8 heteroatoms. The van der Waals surface area contributed by atoms with E-state index in [2.05, 4.69) is 15.1 Å². The first-order chi connectivity index (χ1) is 13.1. The number of hydrogen-bond donors (Lipinski definition) is 0. The van der Waals surface area contributed by atoms with E-state index in [1.807, 2.05) is 28.8 Å². The summed E-state index contributed by atoms with van der Waals surface area (Å²) in [6.45, 7) is 2.96. The molecule has 0 radical (unpaired) electrons. The molecule has 4 aromatic rings. The van der Waals surface area contributed by atoms with E-state index >= 15 is 0 Å². The number of halogens is 1. The van der Waals surface area contributed by atoms with Gasteiger partial charge in [0.1, 0.15) is 11.6 Å². The van der Waals surface area contributed by atoms with Gasteiger partial charge in [0.2, 0.25) is 11.8 Å². The molecule has 2 aromatic carbocycles. The molecule has 7 nitrogen and oxygen atoms in total. The Morgan fingerprint density at radius 3 is 2.63 bits per heavy atom. The summed E-state index contributed by atoms with van der Waals surface area (Å²) in [5.74, 6) is 0.628. The number of hydrogen-bond acceptors (Lipinski definition) is 4. The fourth-order valence-corrected chi connectivity index (χ4v) is 3.41. The SMILES string of the molecule is Cc1nc(C(=O)N2CCn3c2nc2ccccc23)nn1-c1ccc(F)cc1. The van der Waals surface area contributed by atoms with Gasteiger partial charge in [-0.3, -0.25) is 9.69 Å². The Morgan fingerprint density at radius 1 is 1.04 bits per heavy atom. The maximum Gasteiger partial charge on any atom is 0.300 e. The minimum atomic E-state index is -0.330. The zero-order valence-electron chi connectivity index (χ0n) is 14.5. The molecule has 1 aliphatic rings. The van der Waals surface area contributed by atoms with Crippen LogP contribution in [0.4, 0.5) is 10.3 Å². The summed E-state index contributed by atoms with van der Waals surface area (Å²) >= 11 is 0. The van der Waals surface area contributed by atoms with Crippen LogP contribution in [-0.2, 0) is 6.54 Å². The van der Waals surface area contributed by atoms with Crippen LogP contribution >= 0.6 is 0 Å². The third-order valence-electron chi connectivity index (χ3n) is 4.70. The maximum atomic E-state index is 13.2. The lowest BCUT2D eigenvalue weighted by Crippen LogP contribution is -2.30. The normalized spacial score (nSPS) is 13.3. The molecule has 0 spiro atoms. The molecule has 0 unspecified atom stereocenters. The van der Waals surface area contributed by atoms with Crippen LogP contribution in [0.5, 0.6) is 0 Å². The number of benzene rings is 2. The molecule has 0 bridgehead atoms. The van der Waals surface area contributed by atoms with Crippen LogP contribution in [-0.4, -0.2) is 36.8 Å². The zero-order chi connectivity index (χ0) is 18.5. The summed E-state index contributed by atoms with van der Waals surface area (Å²) < 4.78 is 16.7. The van der Waals surface area contributed by atoms with Crippen LogP contribution in [0.25, 0.3) is 16.7 Å². The van der Waals surface area contributed by atoms with Crippen molar-refractivity contribution in [1.29, 1.82) is 0 Å². The molecule has 0 aliphatic carbocycles. The molecule has 0 fully saturated rings. The Hall–Kier alpha value is -3.55. The summed E-state index contributed by atoms with van der Waals surface area (Å²) in [4.78, 5) is 23.5. The number of fused-ring (bicyclic) bond motifs is 3. The van der Waals surface area contributed by atoms with Crippen molar-refractivity contribution in [2.45, 2.75) is 13.5 Å². The number of carbonyl (C=O) groups is 1. The van der Waals surface area contributed by atoms with Crippen molar-refractivity contribution in [2.24, 2.45) is 0 Å². The number of amides is 1. The summed E-state index contributed by atoms with van der Waals surface area (Å²) in [6.07, 6.45) is 0. The quantitative estimate of drug-likeness (QED) is 0.550. The first-order valence-electron chi connectivity index (χ1n) is 8.58. The summed E-state index contributed by atoms with van der Waals surface area (Å²) in [5, 5.41) is 4.34. The molecule has 0 saturated carbocycles. The molecule has 0 atom stereocenters. The van der Waals surface area contributed by atoms with Gasteiger partial charge in [0.15, 0.2) is 0 Å². The fourth-order valence-electron chi connectivity index (χ4n) is 3.41. The second-order valence-corrected chi connectivity index (χ2v) is 6.38. The molecular weight excluding hydrogens is 347 g/mol. The highest BCUT2D eigenvalue weighted by atomic mass is 19.1. The van der Waals surface area contributed by atoms with Crippen LogP contribution in [0.2, 0.25) is 0 Å². The smallest absolute Gasteiger partial charge is 0.300 e. The van der Waals surface area contributed by atoms with Gasteiger partial charge < -0.3 is 4.57 Å². The van der Waals surface area contributed by atoms with Crippen molar-refractivity contribution in [3.8, 4) is 5.69 Å². The van der Waals surface area contributed by atoms with Gasteiger partial charge in [0.25, 0.3) is 5.91 Å². The van der Waals surface area contributed by atoms with E-state index < -0.39 is 0 Å². The van der Waals surface area contributed by atoms with Crippen molar-refractivity contribution in [3.05, 3.63) is 66.0 Å². The third kappa shape index (κ3) is 2.41. The summed E-state index contributed by atoms with van der Waals surface area (Å²) in [6, 6.07) is 13.7. The van der Waals surface area contributed by atoms with Gasteiger partial charge in [0.05, 0.1) is 16.7 Å². The van der Waals surface area contributed by atoms with Crippen molar-refractivity contribution in [1.82, 2.24) is 24.3 Å². The van der Waals surface area contributed by atoms with Gasteiger partial charge in [-0.2, -0.15) is 0 Å². The number of imidazole rings is 1. The Morgan fingerprint density at radius 2 is 1.81 bits per heavy atom. The number of aromatic nitrogens is 5. The number of anilines is 1. The van der Waals surface area contributed by atoms with E-state index in [0.29, 0.717) is 30.5 Å². The van der Waals surface area contributed by atoms with Crippen LogP contribution in [0.15, 0.2) is 48.5 Å². The largest absolute Gasteiger partial charge is 0.308 e. The lowest BCUT2D eigenvalue weighted by Gasteiger charge is -2.11. The standard InChI is InChI=1S/C19H15FN6O/c1-12-21-17(23-26(12)14-8-6-13(20)7-9-14)18(27)25-11-10-24-16-5-3-2-4-15(16)22-19(24)25/h2-9H,10-11H2,1H3. The molecule has 1 aliphatic heterocycles. The second kappa shape index (κ2) is 5.73. The topological polar surface area (TPSA) is 68.8 Å². The van der Waals surface area contributed by atoms with E-state index in [1.165, 1.54) is 16.8 Å². The highest BCUT2D eigenvalue weighted by Crippen LogP contribution is 2.28. The van der Waals surface area contributed by atoms with Gasteiger partial charge in [-0.1, -0.05) is 12.1 Å². The molecule has 134 valence electrons. The molecule has 0 saturated heterocycles. The Labute approximate surface area is 153 Å². The van der Waals surface area contributed by atoms with Crippen molar-refractivity contribution >= 4 is 22.9 Å². The zero-order valence-corrected chi connectivity index (χ0v) is 14.5. The molecule has 2 aromatic heterocycles. The Balaban J connectivity index is 1.51. The first kappa shape index (κ1) is 15.7. The second-order valence-electron chi connectivity index (χ2n) is 6.38. The maximum absolute atomic E-state index is 13.2. The molecule has 5 rings (SSSR count). The van der Waals surface area contributed by atoms with Gasteiger partial charge in [0, 0.05) is 13.1 Å². The summed E-state index contributed by atoms with van der Waals surface area (Å²) in [7, 11) is 0. The van der Waals surface area contributed by atoms with E-state index in [1.54, 1.807) is 24.0 Å². The minimum absolute atomic E-state index is 0.0948. The molecule has 0 N–H and O–H groups in total. The molecule has 27 heavy (non-hydrogen) atoms. The highest BCUT2D eigenvalue weighted by Gasteiger charge is 2.31. The van der Waals surface area contributed by atoms with Gasteiger partial charge in [-0.25, -0.2) is 19.0 Å².